The summed E-state index contributed by atoms with van der Waals surface area (Å²) in [6.07, 6.45) is 32.9. The molecule has 392 valence electrons. The molecule has 0 bridgehead atoms. The van der Waals surface area contributed by atoms with Crippen molar-refractivity contribution in [1.29, 1.82) is 0 Å². The predicted octanol–water partition coefficient (Wildman–Crippen LogP) is 10.5. The molecule has 1 saturated carbocycles. The summed E-state index contributed by atoms with van der Waals surface area (Å²) in [6.45, 7) is 3.78. The Balaban J connectivity index is 2.45. The van der Waals surface area contributed by atoms with Crippen LogP contribution < -0.4 is 5.32 Å². The largest absolute Gasteiger partial charge is 0.472 e. The zero-order chi connectivity index (χ0) is 48.7. The van der Waals surface area contributed by atoms with Crippen LogP contribution in [-0.2, 0) is 18.4 Å². The number of carbonyl (C=O) groups excluding carboxylic acids is 1. The van der Waals surface area contributed by atoms with E-state index in [1.54, 1.807) is 6.08 Å². The van der Waals surface area contributed by atoms with Crippen molar-refractivity contribution in [2.45, 2.75) is 306 Å². The van der Waals surface area contributed by atoms with Crippen molar-refractivity contribution in [3.8, 4) is 0 Å². The summed E-state index contributed by atoms with van der Waals surface area (Å²) in [5, 5.41) is 74.8. The molecular weight excluding hydrogens is 862 g/mol. The van der Waals surface area contributed by atoms with Gasteiger partial charge in [-0.25, -0.2) is 4.57 Å². The van der Waals surface area contributed by atoms with Gasteiger partial charge in [-0.2, -0.15) is 0 Å². The van der Waals surface area contributed by atoms with Crippen LogP contribution in [0.15, 0.2) is 12.2 Å². The molecule has 0 saturated heterocycles. The molecular formula is C52H102NO12P. The maximum atomic E-state index is 13.1. The van der Waals surface area contributed by atoms with Gasteiger partial charge in [0.1, 0.15) is 36.6 Å². The number of unbranched alkanes of at least 4 members (excludes halogenated alkanes) is 33. The third kappa shape index (κ3) is 32.8. The molecule has 0 aromatic rings. The standard InChI is InChI=1S/C52H102NO12P/c1-3-5-7-9-11-13-15-17-19-21-22-24-26-28-30-32-34-36-38-40-45(55)44(42-64-66(62,63)65-52-50(60)48(58)47(57)49(59)51(52)61)53-46(56)41-43(54)39-37-35-33-31-29-27-25-23-20-18-16-14-12-10-8-6-4-2/h38,40,43-45,47-52,54-55,57-61H,3-37,39,41-42H2,1-2H3,(H,53,56)(H,62,63)/b40-38+. The van der Waals surface area contributed by atoms with Crippen LogP contribution in [-0.4, -0.2) is 108 Å². The molecule has 0 aromatic carbocycles. The summed E-state index contributed by atoms with van der Waals surface area (Å²) in [4.78, 5) is 23.5. The van der Waals surface area contributed by atoms with Crippen LogP contribution in [0, 0.1) is 0 Å². The SMILES string of the molecule is CCCCCCCCCCCCCCCCCCC/C=C/C(O)C(COP(=O)(O)OC1C(O)C(O)C(O)C(O)C1O)NC(=O)CC(O)CCCCCCCCCCCCCCCCCCC. The van der Waals surface area contributed by atoms with Crippen LogP contribution in [0.3, 0.4) is 0 Å². The van der Waals surface area contributed by atoms with Gasteiger partial charge in [0.25, 0.3) is 0 Å². The second-order valence-corrected chi connectivity index (χ2v) is 21.0. The Morgan fingerprint density at radius 3 is 1.24 bits per heavy atom. The first kappa shape index (κ1) is 63.1. The van der Waals surface area contributed by atoms with E-state index < -0.39 is 75.2 Å². The summed E-state index contributed by atoms with van der Waals surface area (Å²) >= 11 is 0. The Morgan fingerprint density at radius 2 is 0.864 bits per heavy atom. The average Bonchev–Trinajstić information content (AvgIpc) is 3.29. The Kier molecular flexibility index (Phi) is 39.9. The maximum absolute atomic E-state index is 13.1. The normalized spacial score (nSPS) is 22.4. The highest BCUT2D eigenvalue weighted by atomic mass is 31.2. The van der Waals surface area contributed by atoms with E-state index in [0.717, 1.165) is 44.9 Å². The monoisotopic (exact) mass is 964 g/mol. The lowest BCUT2D eigenvalue weighted by atomic mass is 9.85. The minimum absolute atomic E-state index is 0.239. The molecule has 1 fully saturated rings. The van der Waals surface area contributed by atoms with Gasteiger partial charge in [0.2, 0.25) is 5.91 Å². The number of carbonyl (C=O) groups is 1. The molecule has 1 amide bonds. The predicted molar refractivity (Wildman–Crippen MR) is 266 cm³/mol. The quantitative estimate of drug-likeness (QED) is 0.0158. The number of allylic oxidation sites excluding steroid dienone is 1. The van der Waals surface area contributed by atoms with Crippen LogP contribution in [0.1, 0.15) is 251 Å². The number of aliphatic hydroxyl groups excluding tert-OH is 7. The van der Waals surface area contributed by atoms with Gasteiger partial charge < -0.3 is 46.0 Å². The second kappa shape index (κ2) is 41.8. The fourth-order valence-corrected chi connectivity index (χ4v) is 9.92. The van der Waals surface area contributed by atoms with Gasteiger partial charge in [0, 0.05) is 0 Å². The van der Waals surface area contributed by atoms with E-state index in [1.807, 2.05) is 0 Å². The van der Waals surface area contributed by atoms with E-state index in [-0.39, 0.29) is 6.42 Å². The molecule has 8 unspecified atom stereocenters. The molecule has 0 aliphatic heterocycles. The molecule has 8 atom stereocenters. The van der Waals surface area contributed by atoms with E-state index in [1.165, 1.54) is 179 Å². The molecule has 14 heteroatoms. The number of hydrogen-bond acceptors (Lipinski definition) is 11. The van der Waals surface area contributed by atoms with Gasteiger partial charge in [0.15, 0.2) is 0 Å². The summed E-state index contributed by atoms with van der Waals surface area (Å²) in [7, 11) is -5.14. The van der Waals surface area contributed by atoms with Gasteiger partial charge in [0.05, 0.1) is 31.3 Å². The van der Waals surface area contributed by atoms with Crippen molar-refractivity contribution in [2.75, 3.05) is 6.61 Å². The lowest BCUT2D eigenvalue weighted by molar-refractivity contribution is -0.220. The maximum Gasteiger partial charge on any atom is 0.472 e. The molecule has 1 aliphatic rings. The highest BCUT2D eigenvalue weighted by Crippen LogP contribution is 2.47. The van der Waals surface area contributed by atoms with E-state index in [0.29, 0.717) is 12.8 Å². The zero-order valence-corrected chi connectivity index (χ0v) is 42.8. The Labute approximate surface area is 401 Å². The Hall–Kier alpha value is -0.960. The number of phosphoric ester groups is 1. The third-order valence-corrected chi connectivity index (χ3v) is 14.4. The van der Waals surface area contributed by atoms with Crippen LogP contribution in [0.4, 0.5) is 0 Å². The van der Waals surface area contributed by atoms with Crippen LogP contribution >= 0.6 is 7.82 Å². The van der Waals surface area contributed by atoms with E-state index in [9.17, 15) is 50.0 Å². The lowest BCUT2D eigenvalue weighted by Crippen LogP contribution is -2.64. The van der Waals surface area contributed by atoms with Crippen LogP contribution in [0.25, 0.3) is 0 Å². The van der Waals surface area contributed by atoms with Crippen LogP contribution in [0.5, 0.6) is 0 Å². The summed E-state index contributed by atoms with van der Waals surface area (Å²) < 4.78 is 23.0. The number of amides is 1. The minimum atomic E-state index is -5.14. The van der Waals surface area contributed by atoms with Crippen molar-refractivity contribution in [3.63, 3.8) is 0 Å². The molecule has 1 rings (SSSR count). The van der Waals surface area contributed by atoms with E-state index >= 15 is 0 Å². The van der Waals surface area contributed by atoms with Gasteiger partial charge in [-0.3, -0.25) is 13.8 Å². The molecule has 0 heterocycles. The fraction of sp³-hybridized carbons (Fsp3) is 0.942. The summed E-state index contributed by atoms with van der Waals surface area (Å²) in [5.74, 6) is -0.587. The smallest absolute Gasteiger partial charge is 0.393 e. The molecule has 0 radical (unpaired) electrons. The number of aliphatic hydroxyl groups is 7. The number of nitrogens with one attached hydrogen (secondary N) is 1. The van der Waals surface area contributed by atoms with Gasteiger partial charge in [-0.1, -0.05) is 238 Å². The van der Waals surface area contributed by atoms with Crippen molar-refractivity contribution < 1.29 is 59.0 Å². The van der Waals surface area contributed by atoms with Gasteiger partial charge >= 0.3 is 7.82 Å². The molecule has 0 aromatic heterocycles. The number of hydrogen-bond donors (Lipinski definition) is 9. The summed E-state index contributed by atoms with van der Waals surface area (Å²) in [6, 6.07) is -1.24. The highest BCUT2D eigenvalue weighted by Gasteiger charge is 2.51. The Morgan fingerprint density at radius 1 is 0.530 bits per heavy atom. The topological polar surface area (TPSA) is 226 Å². The molecule has 0 spiro atoms. The molecule has 1 aliphatic carbocycles. The fourth-order valence-electron chi connectivity index (χ4n) is 8.95. The average molecular weight is 964 g/mol. The third-order valence-electron chi connectivity index (χ3n) is 13.4. The van der Waals surface area contributed by atoms with Crippen LogP contribution in [0.2, 0.25) is 0 Å². The summed E-state index contributed by atoms with van der Waals surface area (Å²) in [5.41, 5.74) is 0. The van der Waals surface area contributed by atoms with Gasteiger partial charge in [-0.15, -0.1) is 0 Å². The highest BCUT2D eigenvalue weighted by molar-refractivity contribution is 7.47. The first-order valence-electron chi connectivity index (χ1n) is 27.2. The number of phosphoric acid groups is 1. The van der Waals surface area contributed by atoms with E-state index in [2.05, 4.69) is 19.2 Å². The first-order chi connectivity index (χ1) is 31.8. The molecule has 66 heavy (non-hydrogen) atoms. The van der Waals surface area contributed by atoms with Crippen molar-refractivity contribution in [1.82, 2.24) is 5.32 Å². The first-order valence-corrected chi connectivity index (χ1v) is 28.7. The van der Waals surface area contributed by atoms with Crippen molar-refractivity contribution >= 4 is 13.7 Å². The molecule has 13 nitrogen and oxygen atoms in total. The van der Waals surface area contributed by atoms with E-state index in [4.69, 9.17) is 9.05 Å². The lowest BCUT2D eigenvalue weighted by Gasteiger charge is -2.41. The zero-order valence-electron chi connectivity index (χ0n) is 41.9. The number of rotatable bonds is 46. The molecule has 9 N–H and O–H groups in total. The van der Waals surface area contributed by atoms with Crippen molar-refractivity contribution in [3.05, 3.63) is 12.2 Å². The Bertz CT molecular complexity index is 1180. The van der Waals surface area contributed by atoms with Crippen molar-refractivity contribution in [2.24, 2.45) is 0 Å². The van der Waals surface area contributed by atoms with Gasteiger partial charge in [-0.05, 0) is 19.3 Å². The minimum Gasteiger partial charge on any atom is -0.393 e. The second-order valence-electron chi connectivity index (χ2n) is 19.6.